The number of alkyl halides is 2. The van der Waals surface area contributed by atoms with Gasteiger partial charge in [0.25, 0.3) is 0 Å². The predicted octanol–water partition coefficient (Wildman–Crippen LogP) is 1.90. The van der Waals surface area contributed by atoms with Crippen molar-refractivity contribution in [3.63, 3.8) is 0 Å². The first-order valence-corrected chi connectivity index (χ1v) is 3.09. The van der Waals surface area contributed by atoms with Gasteiger partial charge in [-0.3, -0.25) is 0 Å². The van der Waals surface area contributed by atoms with E-state index in [1.807, 2.05) is 5.32 Å². The van der Waals surface area contributed by atoms with E-state index in [4.69, 9.17) is 5.73 Å². The Balaban J connectivity index is 2.66. The van der Waals surface area contributed by atoms with E-state index < -0.39 is 6.55 Å². The van der Waals surface area contributed by atoms with Gasteiger partial charge in [0, 0.05) is 11.4 Å². The van der Waals surface area contributed by atoms with Crippen LogP contribution in [0.1, 0.15) is 0 Å². The van der Waals surface area contributed by atoms with Gasteiger partial charge in [0.05, 0.1) is 0 Å². The molecule has 0 aliphatic heterocycles. The lowest BCUT2D eigenvalue weighted by atomic mass is 10.3. The normalized spacial score (nSPS) is 10.1. The summed E-state index contributed by atoms with van der Waals surface area (Å²) in [6, 6.07) is 6.12. The van der Waals surface area contributed by atoms with Crippen molar-refractivity contribution in [3.05, 3.63) is 24.3 Å². The SMILES string of the molecule is Nc1ccc(NC(F)F)cc1. The van der Waals surface area contributed by atoms with Gasteiger partial charge in [-0.25, -0.2) is 0 Å². The van der Waals surface area contributed by atoms with E-state index in [1.54, 1.807) is 12.1 Å². The number of nitrogens with two attached hydrogens (primary N) is 1. The van der Waals surface area contributed by atoms with Gasteiger partial charge in [-0.15, -0.1) is 0 Å². The highest BCUT2D eigenvalue weighted by Crippen LogP contribution is 2.11. The van der Waals surface area contributed by atoms with Gasteiger partial charge in [0.15, 0.2) is 0 Å². The molecular weight excluding hydrogens is 150 g/mol. The summed E-state index contributed by atoms with van der Waals surface area (Å²) in [7, 11) is 0. The van der Waals surface area contributed by atoms with Gasteiger partial charge < -0.3 is 11.1 Å². The molecule has 60 valence electrons. The van der Waals surface area contributed by atoms with Crippen LogP contribution in [0.5, 0.6) is 0 Å². The molecule has 0 aromatic heterocycles. The number of nitrogens with one attached hydrogen (secondary N) is 1. The van der Waals surface area contributed by atoms with Crippen LogP contribution in [0, 0.1) is 0 Å². The Morgan fingerprint density at radius 1 is 1.18 bits per heavy atom. The first-order chi connectivity index (χ1) is 5.18. The topological polar surface area (TPSA) is 38.0 Å². The third-order valence-corrected chi connectivity index (χ3v) is 1.19. The lowest BCUT2D eigenvalue weighted by Crippen LogP contribution is -2.05. The Bertz CT molecular complexity index is 220. The van der Waals surface area contributed by atoms with Crippen LogP contribution in [-0.2, 0) is 0 Å². The number of anilines is 2. The fourth-order valence-electron chi connectivity index (χ4n) is 0.705. The average Bonchev–Trinajstić information content (AvgIpc) is 1.93. The zero-order valence-corrected chi connectivity index (χ0v) is 5.72. The van der Waals surface area contributed by atoms with Crippen molar-refractivity contribution in [1.82, 2.24) is 0 Å². The summed E-state index contributed by atoms with van der Waals surface area (Å²) in [6.07, 6.45) is 0. The number of hydrogen-bond acceptors (Lipinski definition) is 2. The summed E-state index contributed by atoms with van der Waals surface area (Å²) in [5, 5.41) is 1.94. The minimum absolute atomic E-state index is 0.370. The second-order valence-corrected chi connectivity index (χ2v) is 2.07. The maximum Gasteiger partial charge on any atom is 0.312 e. The van der Waals surface area contributed by atoms with Gasteiger partial charge >= 0.3 is 6.55 Å². The largest absolute Gasteiger partial charge is 0.399 e. The molecule has 0 aliphatic carbocycles. The number of rotatable bonds is 2. The Labute approximate surface area is 63.0 Å². The van der Waals surface area contributed by atoms with Gasteiger partial charge in [0.1, 0.15) is 0 Å². The molecule has 3 N–H and O–H groups in total. The van der Waals surface area contributed by atoms with Crippen molar-refractivity contribution in [2.45, 2.75) is 6.55 Å². The summed E-state index contributed by atoms with van der Waals surface area (Å²) in [6.45, 7) is -2.53. The third-order valence-electron chi connectivity index (χ3n) is 1.19. The number of hydrogen-bond donors (Lipinski definition) is 2. The van der Waals surface area contributed by atoms with Crippen LogP contribution in [-0.4, -0.2) is 6.55 Å². The van der Waals surface area contributed by atoms with Crippen LogP contribution in [0.2, 0.25) is 0 Å². The second kappa shape index (κ2) is 3.18. The fraction of sp³-hybridized carbons (Fsp3) is 0.143. The van der Waals surface area contributed by atoms with E-state index in [-0.39, 0.29) is 0 Å². The van der Waals surface area contributed by atoms with Crippen molar-refractivity contribution in [3.8, 4) is 0 Å². The zero-order valence-electron chi connectivity index (χ0n) is 5.72. The molecule has 0 spiro atoms. The molecule has 0 atom stereocenters. The molecule has 0 saturated heterocycles. The van der Waals surface area contributed by atoms with E-state index >= 15 is 0 Å². The van der Waals surface area contributed by atoms with Gasteiger partial charge in [0.2, 0.25) is 0 Å². The zero-order chi connectivity index (χ0) is 8.27. The van der Waals surface area contributed by atoms with Crippen molar-refractivity contribution >= 4 is 11.4 Å². The van der Waals surface area contributed by atoms with Crippen LogP contribution >= 0.6 is 0 Å². The molecule has 0 heterocycles. The Hall–Kier alpha value is -1.32. The van der Waals surface area contributed by atoms with Crippen LogP contribution in [0.3, 0.4) is 0 Å². The Kier molecular flexibility index (Phi) is 2.25. The predicted molar refractivity (Wildman–Crippen MR) is 40.5 cm³/mol. The maximum atomic E-state index is 11.7. The van der Waals surface area contributed by atoms with E-state index in [2.05, 4.69) is 0 Å². The first-order valence-electron chi connectivity index (χ1n) is 3.09. The minimum atomic E-state index is -2.53. The molecule has 1 aromatic carbocycles. The van der Waals surface area contributed by atoms with Crippen LogP contribution in [0.4, 0.5) is 20.2 Å². The molecule has 1 aromatic rings. The van der Waals surface area contributed by atoms with Crippen molar-refractivity contribution in [2.24, 2.45) is 0 Å². The average molecular weight is 158 g/mol. The molecule has 0 bridgehead atoms. The summed E-state index contributed by atoms with van der Waals surface area (Å²) in [5.41, 5.74) is 6.27. The minimum Gasteiger partial charge on any atom is -0.399 e. The van der Waals surface area contributed by atoms with Crippen molar-refractivity contribution in [1.29, 1.82) is 0 Å². The molecule has 0 unspecified atom stereocenters. The number of benzene rings is 1. The Morgan fingerprint density at radius 2 is 1.73 bits per heavy atom. The molecular formula is C7H8F2N2. The van der Waals surface area contributed by atoms with Gasteiger partial charge in [-0.05, 0) is 24.3 Å². The Morgan fingerprint density at radius 3 is 2.18 bits per heavy atom. The lowest BCUT2D eigenvalue weighted by Gasteiger charge is -2.03. The van der Waals surface area contributed by atoms with Crippen LogP contribution in [0.15, 0.2) is 24.3 Å². The molecule has 0 aliphatic rings. The number of nitrogen functional groups attached to an aromatic ring is 1. The second-order valence-electron chi connectivity index (χ2n) is 2.07. The first kappa shape index (κ1) is 7.78. The number of halogens is 2. The fourth-order valence-corrected chi connectivity index (χ4v) is 0.705. The highest BCUT2D eigenvalue weighted by molar-refractivity contribution is 5.51. The van der Waals surface area contributed by atoms with Crippen molar-refractivity contribution < 1.29 is 8.78 Å². The molecule has 0 amide bonds. The smallest absolute Gasteiger partial charge is 0.312 e. The summed E-state index contributed by atoms with van der Waals surface area (Å²) in [5.74, 6) is 0. The summed E-state index contributed by atoms with van der Waals surface area (Å²) < 4.78 is 23.4. The van der Waals surface area contributed by atoms with Crippen molar-refractivity contribution in [2.75, 3.05) is 11.1 Å². The monoisotopic (exact) mass is 158 g/mol. The molecule has 11 heavy (non-hydrogen) atoms. The molecule has 0 fully saturated rings. The molecule has 2 nitrogen and oxygen atoms in total. The molecule has 1 rings (SSSR count). The lowest BCUT2D eigenvalue weighted by molar-refractivity contribution is 0.181. The van der Waals surface area contributed by atoms with E-state index in [0.29, 0.717) is 11.4 Å². The standard InChI is InChI=1S/C7H8F2N2/c8-7(9)11-6-3-1-5(10)2-4-6/h1-4,7,11H,10H2. The highest BCUT2D eigenvalue weighted by Gasteiger charge is 1.99. The van der Waals surface area contributed by atoms with Crippen LogP contribution < -0.4 is 11.1 Å². The van der Waals surface area contributed by atoms with Crippen LogP contribution in [0.25, 0.3) is 0 Å². The van der Waals surface area contributed by atoms with E-state index in [1.165, 1.54) is 12.1 Å². The summed E-state index contributed by atoms with van der Waals surface area (Å²) in [4.78, 5) is 0. The molecule has 0 radical (unpaired) electrons. The maximum absolute atomic E-state index is 11.7. The van der Waals surface area contributed by atoms with Gasteiger partial charge in [-0.2, -0.15) is 8.78 Å². The summed E-state index contributed by atoms with van der Waals surface area (Å²) >= 11 is 0. The highest BCUT2D eigenvalue weighted by atomic mass is 19.3. The van der Waals surface area contributed by atoms with Gasteiger partial charge in [-0.1, -0.05) is 0 Å². The van der Waals surface area contributed by atoms with E-state index in [0.717, 1.165) is 0 Å². The quantitative estimate of drug-likeness (QED) is 0.509. The molecule has 4 heteroatoms. The third kappa shape index (κ3) is 2.41. The van der Waals surface area contributed by atoms with E-state index in [9.17, 15) is 8.78 Å². The molecule has 0 saturated carbocycles.